The number of esters is 1. The molecule has 1 aliphatic rings. The van der Waals surface area contributed by atoms with E-state index in [9.17, 15) is 9.59 Å². The van der Waals surface area contributed by atoms with Crippen LogP contribution in [0.2, 0.25) is 0 Å². The minimum absolute atomic E-state index is 0.0784. The lowest BCUT2D eigenvalue weighted by Crippen LogP contribution is -2.38. The van der Waals surface area contributed by atoms with Crippen LogP contribution in [0, 0.1) is 11.3 Å². The predicted molar refractivity (Wildman–Crippen MR) is 57.4 cm³/mol. The highest BCUT2D eigenvalue weighted by Gasteiger charge is 2.49. The summed E-state index contributed by atoms with van der Waals surface area (Å²) in [6, 6.07) is 0. The van der Waals surface area contributed by atoms with E-state index in [-0.39, 0.29) is 11.8 Å². The van der Waals surface area contributed by atoms with Gasteiger partial charge in [0.25, 0.3) is 0 Å². The van der Waals surface area contributed by atoms with Gasteiger partial charge in [-0.05, 0) is 32.1 Å². The largest absolute Gasteiger partial charge is 0.465 e. The summed E-state index contributed by atoms with van der Waals surface area (Å²) in [4.78, 5) is 23.7. The Morgan fingerprint density at radius 1 is 1.53 bits per heavy atom. The SMILES string of the molecule is CCOC(=O)C1(CC(C)C)CCCC1=O. The third kappa shape index (κ3) is 2.39. The second-order valence-electron chi connectivity index (χ2n) is 4.68. The normalized spacial score (nSPS) is 26.0. The summed E-state index contributed by atoms with van der Waals surface area (Å²) in [5, 5.41) is 0. The molecular weight excluding hydrogens is 192 g/mol. The van der Waals surface area contributed by atoms with Crippen molar-refractivity contribution in [3.05, 3.63) is 0 Å². The van der Waals surface area contributed by atoms with E-state index in [0.29, 0.717) is 31.8 Å². The molecule has 0 heterocycles. The Morgan fingerprint density at radius 2 is 2.20 bits per heavy atom. The van der Waals surface area contributed by atoms with Crippen molar-refractivity contribution in [1.29, 1.82) is 0 Å². The molecule has 1 fully saturated rings. The van der Waals surface area contributed by atoms with Gasteiger partial charge in [0.05, 0.1) is 6.61 Å². The number of rotatable bonds is 4. The third-order valence-electron chi connectivity index (χ3n) is 2.96. The Hall–Kier alpha value is -0.860. The van der Waals surface area contributed by atoms with Crippen LogP contribution in [0.25, 0.3) is 0 Å². The maximum atomic E-state index is 11.9. The van der Waals surface area contributed by atoms with Crippen LogP contribution >= 0.6 is 0 Å². The third-order valence-corrected chi connectivity index (χ3v) is 2.96. The topological polar surface area (TPSA) is 43.4 Å². The van der Waals surface area contributed by atoms with E-state index in [4.69, 9.17) is 4.74 Å². The van der Waals surface area contributed by atoms with E-state index in [0.717, 1.165) is 6.42 Å². The van der Waals surface area contributed by atoms with E-state index in [2.05, 4.69) is 0 Å². The highest BCUT2D eigenvalue weighted by Crippen LogP contribution is 2.41. The predicted octanol–water partition coefficient (Wildman–Crippen LogP) is 2.33. The summed E-state index contributed by atoms with van der Waals surface area (Å²) in [5.74, 6) is 0.118. The van der Waals surface area contributed by atoms with Gasteiger partial charge in [0.15, 0.2) is 0 Å². The number of carbonyl (C=O) groups is 2. The molecule has 1 saturated carbocycles. The molecular formula is C12H20O3. The minimum Gasteiger partial charge on any atom is -0.465 e. The highest BCUT2D eigenvalue weighted by molar-refractivity contribution is 6.05. The van der Waals surface area contributed by atoms with Crippen molar-refractivity contribution in [1.82, 2.24) is 0 Å². The zero-order valence-electron chi connectivity index (χ0n) is 9.84. The van der Waals surface area contributed by atoms with Crippen LogP contribution in [-0.2, 0) is 14.3 Å². The Morgan fingerprint density at radius 3 is 2.60 bits per heavy atom. The van der Waals surface area contributed by atoms with Gasteiger partial charge in [-0.2, -0.15) is 0 Å². The average Bonchev–Trinajstić information content (AvgIpc) is 2.48. The molecule has 86 valence electrons. The second kappa shape index (κ2) is 4.77. The molecule has 1 atom stereocenters. The summed E-state index contributed by atoms with van der Waals surface area (Å²) in [6.07, 6.45) is 2.66. The summed E-state index contributed by atoms with van der Waals surface area (Å²) < 4.78 is 5.04. The molecule has 0 aromatic heterocycles. The smallest absolute Gasteiger partial charge is 0.319 e. The first-order chi connectivity index (χ1) is 7.03. The lowest BCUT2D eigenvalue weighted by Gasteiger charge is -2.26. The van der Waals surface area contributed by atoms with Crippen LogP contribution in [-0.4, -0.2) is 18.4 Å². The first-order valence-electron chi connectivity index (χ1n) is 5.73. The van der Waals surface area contributed by atoms with E-state index in [1.54, 1.807) is 6.92 Å². The second-order valence-corrected chi connectivity index (χ2v) is 4.68. The summed E-state index contributed by atoms with van der Waals surface area (Å²) in [6.45, 7) is 6.20. The fraction of sp³-hybridized carbons (Fsp3) is 0.833. The number of ether oxygens (including phenoxy) is 1. The minimum atomic E-state index is -0.815. The highest BCUT2D eigenvalue weighted by atomic mass is 16.5. The molecule has 0 aromatic carbocycles. The van der Waals surface area contributed by atoms with Gasteiger partial charge < -0.3 is 4.74 Å². The van der Waals surface area contributed by atoms with E-state index < -0.39 is 5.41 Å². The van der Waals surface area contributed by atoms with Crippen molar-refractivity contribution in [2.45, 2.75) is 46.5 Å². The van der Waals surface area contributed by atoms with Gasteiger partial charge in [0.2, 0.25) is 0 Å². The van der Waals surface area contributed by atoms with Gasteiger partial charge in [-0.15, -0.1) is 0 Å². The molecule has 0 spiro atoms. The molecule has 0 bridgehead atoms. The van der Waals surface area contributed by atoms with E-state index in [1.807, 2.05) is 13.8 Å². The lowest BCUT2D eigenvalue weighted by atomic mass is 9.78. The van der Waals surface area contributed by atoms with Crippen molar-refractivity contribution in [2.24, 2.45) is 11.3 Å². The first-order valence-corrected chi connectivity index (χ1v) is 5.73. The summed E-state index contributed by atoms with van der Waals surface area (Å²) >= 11 is 0. The quantitative estimate of drug-likeness (QED) is 0.530. The van der Waals surface area contributed by atoms with Crippen molar-refractivity contribution in [3.8, 4) is 0 Å². The van der Waals surface area contributed by atoms with Crippen LogP contribution in [0.1, 0.15) is 46.5 Å². The Labute approximate surface area is 91.2 Å². The molecule has 15 heavy (non-hydrogen) atoms. The molecule has 3 heteroatoms. The molecule has 1 rings (SSSR count). The van der Waals surface area contributed by atoms with E-state index >= 15 is 0 Å². The lowest BCUT2D eigenvalue weighted by molar-refractivity contribution is -0.159. The number of Topliss-reactive ketones (excluding diaryl/α,β-unsaturated/α-hetero) is 1. The van der Waals surface area contributed by atoms with Crippen LogP contribution in [0.4, 0.5) is 0 Å². The number of ketones is 1. The molecule has 0 radical (unpaired) electrons. The Balaban J connectivity index is 2.85. The van der Waals surface area contributed by atoms with Crippen LogP contribution in [0.3, 0.4) is 0 Å². The van der Waals surface area contributed by atoms with Gasteiger partial charge in [-0.3, -0.25) is 9.59 Å². The van der Waals surface area contributed by atoms with Crippen LogP contribution in [0.5, 0.6) is 0 Å². The van der Waals surface area contributed by atoms with Gasteiger partial charge >= 0.3 is 5.97 Å². The van der Waals surface area contributed by atoms with Gasteiger partial charge in [-0.1, -0.05) is 13.8 Å². The fourth-order valence-electron chi connectivity index (χ4n) is 2.41. The van der Waals surface area contributed by atoms with Crippen molar-refractivity contribution in [2.75, 3.05) is 6.61 Å². The van der Waals surface area contributed by atoms with Crippen LogP contribution in [0.15, 0.2) is 0 Å². The molecule has 3 nitrogen and oxygen atoms in total. The average molecular weight is 212 g/mol. The molecule has 0 aliphatic heterocycles. The first kappa shape index (κ1) is 12.2. The van der Waals surface area contributed by atoms with Gasteiger partial charge in [0.1, 0.15) is 11.2 Å². The zero-order chi connectivity index (χ0) is 11.5. The van der Waals surface area contributed by atoms with Crippen LogP contribution < -0.4 is 0 Å². The van der Waals surface area contributed by atoms with Crippen molar-refractivity contribution in [3.63, 3.8) is 0 Å². The monoisotopic (exact) mass is 212 g/mol. The maximum absolute atomic E-state index is 11.9. The fourth-order valence-corrected chi connectivity index (χ4v) is 2.41. The number of hydrogen-bond donors (Lipinski definition) is 0. The number of hydrogen-bond acceptors (Lipinski definition) is 3. The zero-order valence-corrected chi connectivity index (χ0v) is 9.84. The number of carbonyl (C=O) groups excluding carboxylic acids is 2. The molecule has 0 saturated heterocycles. The molecule has 0 amide bonds. The van der Waals surface area contributed by atoms with Crippen molar-refractivity contribution < 1.29 is 14.3 Å². The maximum Gasteiger partial charge on any atom is 0.319 e. The van der Waals surface area contributed by atoms with Gasteiger partial charge in [0, 0.05) is 6.42 Å². The molecule has 1 aliphatic carbocycles. The summed E-state index contributed by atoms with van der Waals surface area (Å²) in [5.41, 5.74) is -0.815. The van der Waals surface area contributed by atoms with E-state index in [1.165, 1.54) is 0 Å². The molecule has 1 unspecified atom stereocenters. The molecule has 0 N–H and O–H groups in total. The van der Waals surface area contributed by atoms with Gasteiger partial charge in [-0.25, -0.2) is 0 Å². The Bertz CT molecular complexity index is 258. The summed E-state index contributed by atoms with van der Waals surface area (Å²) in [7, 11) is 0. The molecule has 0 aromatic rings. The van der Waals surface area contributed by atoms with Crippen molar-refractivity contribution >= 4 is 11.8 Å². The standard InChI is InChI=1S/C12H20O3/c1-4-15-11(14)12(8-9(2)3)7-5-6-10(12)13/h9H,4-8H2,1-3H3. The Kier molecular flexibility index (Phi) is 3.89.